The molecule has 3 aromatic rings. The van der Waals surface area contributed by atoms with Gasteiger partial charge >= 0.3 is 0 Å². The van der Waals surface area contributed by atoms with Crippen molar-refractivity contribution < 1.29 is 19.4 Å². The Balaban J connectivity index is 1.65. The molecule has 2 aliphatic rings. The molecule has 3 aromatic carbocycles. The van der Waals surface area contributed by atoms with E-state index in [0.29, 0.717) is 17.0 Å². The number of Topliss-reactive ketones (excluding diaryl/α,β-unsaturated/α-hetero) is 1. The predicted octanol–water partition coefficient (Wildman–Crippen LogP) is 6.05. The maximum atomic E-state index is 13.5. The van der Waals surface area contributed by atoms with E-state index >= 15 is 0 Å². The van der Waals surface area contributed by atoms with Gasteiger partial charge in [0.25, 0.3) is 11.7 Å². The van der Waals surface area contributed by atoms with Crippen molar-refractivity contribution in [1.29, 1.82) is 0 Å². The lowest BCUT2D eigenvalue weighted by molar-refractivity contribution is -0.132. The van der Waals surface area contributed by atoms with Crippen molar-refractivity contribution in [1.82, 2.24) is 0 Å². The fraction of sp³-hybridized carbons (Fsp3) is 0.312. The second-order valence-electron chi connectivity index (χ2n) is 9.82. The number of hydrogen-bond acceptors (Lipinski definition) is 5. The molecule has 1 amide bonds. The average molecular weight is 511 g/mol. The molecule has 0 bridgehead atoms. The van der Waals surface area contributed by atoms with Crippen LogP contribution in [0, 0.1) is 0 Å². The van der Waals surface area contributed by atoms with Gasteiger partial charge in [-0.1, -0.05) is 24.3 Å². The summed E-state index contributed by atoms with van der Waals surface area (Å²) in [5, 5.41) is 11.6. The van der Waals surface area contributed by atoms with Gasteiger partial charge < -0.3 is 14.7 Å². The third-order valence-corrected chi connectivity index (χ3v) is 7.75. The number of aryl methyl sites for hydroxylation is 2. The van der Waals surface area contributed by atoms with Gasteiger partial charge in [0.1, 0.15) is 11.5 Å². The van der Waals surface area contributed by atoms with Crippen LogP contribution in [0.1, 0.15) is 55.0 Å². The first-order valence-electron chi connectivity index (χ1n) is 13.4. The van der Waals surface area contributed by atoms with Crippen molar-refractivity contribution in [2.75, 3.05) is 30.0 Å². The van der Waals surface area contributed by atoms with Crippen LogP contribution >= 0.6 is 0 Å². The molecule has 1 fully saturated rings. The average Bonchev–Trinajstić information content (AvgIpc) is 3.23. The van der Waals surface area contributed by atoms with Crippen LogP contribution < -0.4 is 14.5 Å². The van der Waals surface area contributed by atoms with Gasteiger partial charge in [-0.05, 0) is 98.7 Å². The number of aliphatic hydroxyl groups excluding tert-OH is 1. The van der Waals surface area contributed by atoms with E-state index in [9.17, 15) is 14.7 Å². The Bertz CT molecular complexity index is 1370. The highest BCUT2D eigenvalue weighted by Crippen LogP contribution is 2.43. The SMILES string of the molecule is CCN(CC)c1ccc(C2/C(=C(/O)c3ccc4c(c3)CCCC4)C(=O)C(=O)N2c2ccc(OC)cc2)cc1. The fourth-order valence-electron chi connectivity index (χ4n) is 5.65. The van der Waals surface area contributed by atoms with E-state index in [1.54, 1.807) is 31.4 Å². The predicted molar refractivity (Wildman–Crippen MR) is 151 cm³/mol. The van der Waals surface area contributed by atoms with Gasteiger partial charge in [0.15, 0.2) is 0 Å². The Labute approximate surface area is 224 Å². The maximum Gasteiger partial charge on any atom is 0.300 e. The maximum absolute atomic E-state index is 13.5. The van der Waals surface area contributed by atoms with E-state index < -0.39 is 17.7 Å². The standard InChI is InChI=1S/C32H34N2O4/c1-4-33(5-2)25-14-12-22(13-15-25)29-28(30(35)24-11-10-21-8-6-7-9-23(21)20-24)31(36)32(37)34(29)26-16-18-27(38-3)19-17-26/h10-20,29,35H,4-9H2,1-3H3/b30-28-. The number of fused-ring (bicyclic) bond motifs is 1. The Morgan fingerprint density at radius 3 is 2.21 bits per heavy atom. The summed E-state index contributed by atoms with van der Waals surface area (Å²) in [6.45, 7) is 5.96. The first-order chi connectivity index (χ1) is 18.5. The summed E-state index contributed by atoms with van der Waals surface area (Å²) >= 11 is 0. The van der Waals surface area contributed by atoms with Crippen LogP contribution in [-0.4, -0.2) is 37.0 Å². The molecule has 1 N–H and O–H groups in total. The van der Waals surface area contributed by atoms with Crippen LogP contribution in [0.5, 0.6) is 5.75 Å². The van der Waals surface area contributed by atoms with Crippen molar-refractivity contribution >= 4 is 28.8 Å². The van der Waals surface area contributed by atoms with E-state index in [-0.39, 0.29) is 11.3 Å². The molecular formula is C32H34N2O4. The normalized spacial score (nSPS) is 18.4. The Kier molecular flexibility index (Phi) is 7.23. The molecular weight excluding hydrogens is 476 g/mol. The number of ether oxygens (including phenoxy) is 1. The minimum Gasteiger partial charge on any atom is -0.507 e. The highest BCUT2D eigenvalue weighted by molar-refractivity contribution is 6.51. The highest BCUT2D eigenvalue weighted by atomic mass is 16.5. The van der Waals surface area contributed by atoms with Crippen LogP contribution in [0.2, 0.25) is 0 Å². The van der Waals surface area contributed by atoms with E-state index in [2.05, 4.69) is 18.7 Å². The lowest BCUT2D eigenvalue weighted by Gasteiger charge is -2.27. The summed E-state index contributed by atoms with van der Waals surface area (Å²) in [5.74, 6) is -0.827. The lowest BCUT2D eigenvalue weighted by atomic mass is 9.88. The smallest absolute Gasteiger partial charge is 0.300 e. The van der Waals surface area contributed by atoms with Gasteiger partial charge in [-0.25, -0.2) is 0 Å². The second-order valence-corrected chi connectivity index (χ2v) is 9.82. The largest absolute Gasteiger partial charge is 0.507 e. The lowest BCUT2D eigenvalue weighted by Crippen LogP contribution is -2.29. The van der Waals surface area contributed by atoms with E-state index in [4.69, 9.17) is 4.74 Å². The Hall–Kier alpha value is -4.06. The quantitative estimate of drug-likeness (QED) is 0.238. The van der Waals surface area contributed by atoms with Gasteiger partial charge in [-0.3, -0.25) is 14.5 Å². The number of nitrogens with zero attached hydrogens (tertiary/aromatic N) is 2. The van der Waals surface area contributed by atoms with Crippen LogP contribution in [0.3, 0.4) is 0 Å². The Morgan fingerprint density at radius 1 is 0.921 bits per heavy atom. The molecule has 1 aliphatic heterocycles. The first kappa shape index (κ1) is 25.6. The second kappa shape index (κ2) is 10.7. The van der Waals surface area contributed by atoms with E-state index in [1.807, 2.05) is 42.5 Å². The zero-order valence-electron chi connectivity index (χ0n) is 22.2. The van der Waals surface area contributed by atoms with Crippen LogP contribution in [-0.2, 0) is 22.4 Å². The number of methoxy groups -OCH3 is 1. The van der Waals surface area contributed by atoms with Crippen LogP contribution in [0.4, 0.5) is 11.4 Å². The summed E-state index contributed by atoms with van der Waals surface area (Å²) in [4.78, 5) is 30.7. The molecule has 1 saturated heterocycles. The molecule has 6 heteroatoms. The van der Waals surface area contributed by atoms with Crippen molar-refractivity contribution in [3.05, 3.63) is 94.6 Å². The highest BCUT2D eigenvalue weighted by Gasteiger charge is 2.47. The molecule has 0 saturated carbocycles. The minimum absolute atomic E-state index is 0.108. The van der Waals surface area contributed by atoms with Gasteiger partial charge in [0.2, 0.25) is 0 Å². The zero-order chi connectivity index (χ0) is 26.8. The molecule has 1 aliphatic carbocycles. The molecule has 0 spiro atoms. The zero-order valence-corrected chi connectivity index (χ0v) is 22.2. The number of carbonyl (C=O) groups excluding carboxylic acids is 2. The number of amides is 1. The first-order valence-corrected chi connectivity index (χ1v) is 13.4. The monoisotopic (exact) mass is 510 g/mol. The molecule has 6 nitrogen and oxygen atoms in total. The van der Waals surface area contributed by atoms with Gasteiger partial charge in [-0.2, -0.15) is 0 Å². The molecule has 38 heavy (non-hydrogen) atoms. The fourth-order valence-corrected chi connectivity index (χ4v) is 5.65. The number of hydrogen-bond donors (Lipinski definition) is 1. The molecule has 1 unspecified atom stereocenters. The molecule has 1 atom stereocenters. The molecule has 196 valence electrons. The van der Waals surface area contributed by atoms with Crippen LogP contribution in [0.25, 0.3) is 5.76 Å². The minimum atomic E-state index is -0.759. The van der Waals surface area contributed by atoms with E-state index in [0.717, 1.165) is 50.0 Å². The van der Waals surface area contributed by atoms with Crippen molar-refractivity contribution in [2.45, 2.75) is 45.6 Å². The topological polar surface area (TPSA) is 70.1 Å². The number of ketones is 1. The summed E-state index contributed by atoms with van der Waals surface area (Å²) in [7, 11) is 1.58. The van der Waals surface area contributed by atoms with Gasteiger partial charge in [-0.15, -0.1) is 0 Å². The number of carbonyl (C=O) groups is 2. The molecule has 1 heterocycles. The van der Waals surface area contributed by atoms with Gasteiger partial charge in [0.05, 0.1) is 18.7 Å². The van der Waals surface area contributed by atoms with Crippen molar-refractivity contribution in [2.24, 2.45) is 0 Å². The molecule has 0 aromatic heterocycles. The van der Waals surface area contributed by atoms with Crippen LogP contribution in [0.15, 0.2) is 72.3 Å². The third-order valence-electron chi connectivity index (χ3n) is 7.75. The number of anilines is 2. The number of benzene rings is 3. The van der Waals surface area contributed by atoms with Crippen molar-refractivity contribution in [3.63, 3.8) is 0 Å². The summed E-state index contributed by atoms with van der Waals surface area (Å²) in [6.07, 6.45) is 4.25. The van der Waals surface area contributed by atoms with E-state index in [1.165, 1.54) is 16.0 Å². The summed E-state index contributed by atoms with van der Waals surface area (Å²) < 4.78 is 5.29. The van der Waals surface area contributed by atoms with Gasteiger partial charge in [0, 0.05) is 30.0 Å². The summed E-state index contributed by atoms with van der Waals surface area (Å²) in [6, 6.07) is 20.1. The number of aliphatic hydroxyl groups is 1. The third kappa shape index (κ3) is 4.55. The molecule has 0 radical (unpaired) electrons. The number of rotatable bonds is 7. The summed E-state index contributed by atoms with van der Waals surface area (Å²) in [5.41, 5.74) is 5.56. The molecule has 5 rings (SSSR count). The Morgan fingerprint density at radius 2 is 1.58 bits per heavy atom. The van der Waals surface area contributed by atoms with Crippen molar-refractivity contribution in [3.8, 4) is 5.75 Å².